The molecule has 16 heavy (non-hydrogen) atoms. The van der Waals surface area contributed by atoms with Crippen LogP contribution in [-0.4, -0.2) is 10.2 Å². The van der Waals surface area contributed by atoms with Crippen LogP contribution in [0.4, 0.5) is 0 Å². The van der Waals surface area contributed by atoms with E-state index in [9.17, 15) is 10.2 Å². The maximum Gasteiger partial charge on any atom is 0.161 e. The van der Waals surface area contributed by atoms with E-state index in [1.165, 1.54) is 0 Å². The number of phenolic OH excluding ortho intramolecular Hbond substituents is 2. The standard InChI is InChI=1S/C14H22O2/c1-6-9(2)12-10(14(3,4)5)7-8-11(15)13(12)16/h7-9,15-16H,6H2,1-5H3. The highest BCUT2D eigenvalue weighted by molar-refractivity contribution is 5.52. The largest absolute Gasteiger partial charge is 0.504 e. The molecule has 1 aromatic rings. The lowest BCUT2D eigenvalue weighted by Crippen LogP contribution is -2.15. The Morgan fingerprint density at radius 2 is 1.75 bits per heavy atom. The molecule has 0 aliphatic rings. The summed E-state index contributed by atoms with van der Waals surface area (Å²) in [7, 11) is 0. The SMILES string of the molecule is CCC(C)c1c(C(C)(C)C)ccc(O)c1O. The Morgan fingerprint density at radius 1 is 1.19 bits per heavy atom. The van der Waals surface area contributed by atoms with Gasteiger partial charge in [-0.3, -0.25) is 0 Å². The van der Waals surface area contributed by atoms with E-state index >= 15 is 0 Å². The first kappa shape index (κ1) is 12.9. The smallest absolute Gasteiger partial charge is 0.161 e. The van der Waals surface area contributed by atoms with Crippen LogP contribution in [0.25, 0.3) is 0 Å². The predicted octanol–water partition coefficient (Wildman–Crippen LogP) is 3.91. The van der Waals surface area contributed by atoms with Crippen molar-refractivity contribution in [2.24, 2.45) is 0 Å². The molecule has 0 heterocycles. The fourth-order valence-corrected chi connectivity index (χ4v) is 1.95. The highest BCUT2D eigenvalue weighted by Gasteiger charge is 2.24. The molecule has 0 aromatic heterocycles. The zero-order valence-corrected chi connectivity index (χ0v) is 10.8. The van der Waals surface area contributed by atoms with E-state index in [0.29, 0.717) is 0 Å². The quantitative estimate of drug-likeness (QED) is 0.745. The molecule has 0 saturated carbocycles. The zero-order valence-electron chi connectivity index (χ0n) is 10.8. The van der Waals surface area contributed by atoms with Gasteiger partial charge in [0.05, 0.1) is 0 Å². The Balaban J connectivity index is 3.45. The summed E-state index contributed by atoms with van der Waals surface area (Å²) in [6, 6.07) is 3.48. The summed E-state index contributed by atoms with van der Waals surface area (Å²) in [5, 5.41) is 19.6. The molecule has 1 rings (SSSR count). The first-order valence-corrected chi connectivity index (χ1v) is 5.84. The monoisotopic (exact) mass is 222 g/mol. The highest BCUT2D eigenvalue weighted by atomic mass is 16.3. The third-order valence-corrected chi connectivity index (χ3v) is 3.11. The summed E-state index contributed by atoms with van der Waals surface area (Å²) in [4.78, 5) is 0. The van der Waals surface area contributed by atoms with Crippen LogP contribution in [0.2, 0.25) is 0 Å². The van der Waals surface area contributed by atoms with E-state index in [1.54, 1.807) is 6.07 Å². The van der Waals surface area contributed by atoms with Crippen LogP contribution >= 0.6 is 0 Å². The summed E-state index contributed by atoms with van der Waals surface area (Å²) >= 11 is 0. The summed E-state index contributed by atoms with van der Waals surface area (Å²) < 4.78 is 0. The molecule has 0 saturated heterocycles. The average molecular weight is 222 g/mol. The van der Waals surface area contributed by atoms with E-state index in [1.807, 2.05) is 6.07 Å². The Morgan fingerprint density at radius 3 is 2.19 bits per heavy atom. The van der Waals surface area contributed by atoms with Crippen LogP contribution in [0.1, 0.15) is 58.1 Å². The Hall–Kier alpha value is -1.18. The maximum absolute atomic E-state index is 9.99. The number of hydrogen-bond donors (Lipinski definition) is 2. The van der Waals surface area contributed by atoms with Gasteiger partial charge in [-0.1, -0.05) is 40.7 Å². The van der Waals surface area contributed by atoms with Crippen molar-refractivity contribution in [1.82, 2.24) is 0 Å². The second kappa shape index (κ2) is 4.36. The molecule has 1 aromatic carbocycles. The molecule has 0 radical (unpaired) electrons. The first-order chi connectivity index (χ1) is 7.29. The molecule has 0 spiro atoms. The van der Waals surface area contributed by atoms with Gasteiger partial charge < -0.3 is 10.2 Å². The minimum Gasteiger partial charge on any atom is -0.504 e. The molecular weight excluding hydrogens is 200 g/mol. The zero-order chi connectivity index (χ0) is 12.5. The third-order valence-electron chi connectivity index (χ3n) is 3.11. The average Bonchev–Trinajstić information content (AvgIpc) is 2.19. The normalized spacial score (nSPS) is 13.8. The molecule has 2 N–H and O–H groups in total. The summed E-state index contributed by atoms with van der Waals surface area (Å²) in [5.41, 5.74) is 1.97. The number of benzene rings is 1. The van der Waals surface area contributed by atoms with E-state index in [-0.39, 0.29) is 22.8 Å². The van der Waals surface area contributed by atoms with Gasteiger partial charge in [-0.15, -0.1) is 0 Å². The minimum atomic E-state index is -0.0247. The molecule has 0 aliphatic carbocycles. The van der Waals surface area contributed by atoms with Gasteiger partial charge in [0.2, 0.25) is 0 Å². The van der Waals surface area contributed by atoms with Gasteiger partial charge >= 0.3 is 0 Å². The first-order valence-electron chi connectivity index (χ1n) is 5.84. The number of hydrogen-bond acceptors (Lipinski definition) is 2. The third kappa shape index (κ3) is 2.31. The van der Waals surface area contributed by atoms with Gasteiger partial charge in [0.15, 0.2) is 11.5 Å². The molecule has 90 valence electrons. The van der Waals surface area contributed by atoms with E-state index in [2.05, 4.69) is 34.6 Å². The number of aromatic hydroxyl groups is 2. The lowest BCUT2D eigenvalue weighted by molar-refractivity contribution is 0.392. The number of phenols is 2. The van der Waals surface area contributed by atoms with Crippen molar-refractivity contribution in [3.63, 3.8) is 0 Å². The molecule has 0 amide bonds. The van der Waals surface area contributed by atoms with Gasteiger partial charge in [0.25, 0.3) is 0 Å². The summed E-state index contributed by atoms with van der Waals surface area (Å²) in [5.74, 6) is 0.270. The lowest BCUT2D eigenvalue weighted by atomic mass is 9.79. The van der Waals surface area contributed by atoms with Gasteiger partial charge in [-0.2, -0.15) is 0 Å². The summed E-state index contributed by atoms with van der Waals surface area (Å²) in [6.45, 7) is 10.5. The fraction of sp³-hybridized carbons (Fsp3) is 0.571. The van der Waals surface area contributed by atoms with Crippen LogP contribution in [-0.2, 0) is 5.41 Å². The molecule has 1 unspecified atom stereocenters. The van der Waals surface area contributed by atoms with Crippen LogP contribution in [0.3, 0.4) is 0 Å². The molecule has 2 heteroatoms. The van der Waals surface area contributed by atoms with E-state index in [0.717, 1.165) is 17.5 Å². The Bertz CT molecular complexity index is 375. The topological polar surface area (TPSA) is 40.5 Å². The highest BCUT2D eigenvalue weighted by Crippen LogP contribution is 2.41. The molecule has 0 aliphatic heterocycles. The summed E-state index contributed by atoms with van der Waals surface area (Å²) in [6.07, 6.45) is 0.945. The van der Waals surface area contributed by atoms with Crippen molar-refractivity contribution in [1.29, 1.82) is 0 Å². The van der Waals surface area contributed by atoms with Crippen LogP contribution in [0.15, 0.2) is 12.1 Å². The minimum absolute atomic E-state index is 0.0239. The van der Waals surface area contributed by atoms with Crippen molar-refractivity contribution in [2.75, 3.05) is 0 Å². The van der Waals surface area contributed by atoms with Crippen molar-refractivity contribution in [3.05, 3.63) is 23.3 Å². The van der Waals surface area contributed by atoms with Gasteiger partial charge in [0.1, 0.15) is 0 Å². The second-order valence-electron chi connectivity index (χ2n) is 5.45. The second-order valence-corrected chi connectivity index (χ2v) is 5.45. The van der Waals surface area contributed by atoms with Gasteiger partial charge in [0, 0.05) is 5.56 Å². The van der Waals surface area contributed by atoms with E-state index < -0.39 is 0 Å². The van der Waals surface area contributed by atoms with Crippen LogP contribution in [0, 0.1) is 0 Å². The number of rotatable bonds is 2. The maximum atomic E-state index is 9.99. The lowest BCUT2D eigenvalue weighted by Gasteiger charge is -2.26. The molecule has 2 nitrogen and oxygen atoms in total. The Kier molecular flexibility index (Phi) is 3.51. The van der Waals surface area contributed by atoms with E-state index in [4.69, 9.17) is 0 Å². The molecular formula is C14H22O2. The Labute approximate surface area is 97.9 Å². The van der Waals surface area contributed by atoms with Gasteiger partial charge in [-0.05, 0) is 29.4 Å². The molecule has 0 fully saturated rings. The predicted molar refractivity (Wildman–Crippen MR) is 67.2 cm³/mol. The van der Waals surface area contributed by atoms with Crippen molar-refractivity contribution >= 4 is 0 Å². The van der Waals surface area contributed by atoms with Gasteiger partial charge in [-0.25, -0.2) is 0 Å². The van der Waals surface area contributed by atoms with Crippen molar-refractivity contribution in [2.45, 2.75) is 52.4 Å². The molecule has 1 atom stereocenters. The van der Waals surface area contributed by atoms with Crippen LogP contribution in [0.5, 0.6) is 11.5 Å². The fourth-order valence-electron chi connectivity index (χ4n) is 1.95. The van der Waals surface area contributed by atoms with Crippen LogP contribution < -0.4 is 0 Å². The van der Waals surface area contributed by atoms with Crippen molar-refractivity contribution in [3.8, 4) is 11.5 Å². The van der Waals surface area contributed by atoms with Crippen molar-refractivity contribution < 1.29 is 10.2 Å². The molecule has 0 bridgehead atoms.